The van der Waals surface area contributed by atoms with Crippen LogP contribution < -0.4 is 9.47 Å². The number of hydrogen-bond acceptors (Lipinski definition) is 4. The highest BCUT2D eigenvalue weighted by Gasteiger charge is 2.38. The molecule has 8 heteroatoms. The molecule has 1 aliphatic heterocycles. The maximum absolute atomic E-state index is 13.0. The van der Waals surface area contributed by atoms with E-state index in [1.165, 1.54) is 17.2 Å². The first-order valence-corrected chi connectivity index (χ1v) is 8.10. The van der Waals surface area contributed by atoms with E-state index in [0.717, 1.165) is 6.07 Å². The Morgan fingerprint density at radius 3 is 2.65 bits per heavy atom. The lowest BCUT2D eigenvalue weighted by atomic mass is 10.1. The number of aromatic nitrogens is 1. The van der Waals surface area contributed by atoms with Gasteiger partial charge in [-0.05, 0) is 31.2 Å². The molecular formula is C18H17F3N2O3. The zero-order valence-corrected chi connectivity index (χ0v) is 14.0. The molecule has 1 aromatic heterocycles. The Kier molecular flexibility index (Phi) is 5.01. The summed E-state index contributed by atoms with van der Waals surface area (Å²) in [4.78, 5) is 17.7. The molecule has 2 aromatic rings. The number of pyridine rings is 1. The number of hydrogen-bond donors (Lipinski definition) is 0. The van der Waals surface area contributed by atoms with Crippen LogP contribution in [0.3, 0.4) is 0 Å². The van der Waals surface area contributed by atoms with Gasteiger partial charge in [-0.1, -0.05) is 12.1 Å². The van der Waals surface area contributed by atoms with Crippen molar-refractivity contribution in [1.29, 1.82) is 0 Å². The highest BCUT2D eigenvalue weighted by atomic mass is 19.4. The van der Waals surface area contributed by atoms with Crippen LogP contribution in [-0.2, 0) is 6.18 Å². The topological polar surface area (TPSA) is 51.7 Å². The number of carbonyl (C=O) groups excluding carboxylic acids is 1. The summed E-state index contributed by atoms with van der Waals surface area (Å²) in [6.45, 7) is 2.62. The van der Waals surface area contributed by atoms with E-state index >= 15 is 0 Å². The van der Waals surface area contributed by atoms with Gasteiger partial charge in [0.25, 0.3) is 5.91 Å². The molecule has 1 amide bonds. The minimum atomic E-state index is -4.54. The number of likely N-dealkylation sites (tertiary alicyclic amines) is 1. The zero-order valence-electron chi connectivity index (χ0n) is 14.0. The van der Waals surface area contributed by atoms with Gasteiger partial charge in [-0.2, -0.15) is 13.2 Å². The van der Waals surface area contributed by atoms with Crippen LogP contribution in [0.1, 0.15) is 22.8 Å². The lowest BCUT2D eigenvalue weighted by Gasteiger charge is -2.39. The van der Waals surface area contributed by atoms with Crippen molar-refractivity contribution in [3.8, 4) is 11.6 Å². The van der Waals surface area contributed by atoms with Gasteiger partial charge < -0.3 is 14.4 Å². The number of carbonyl (C=O) groups is 1. The van der Waals surface area contributed by atoms with E-state index in [2.05, 4.69) is 4.98 Å². The first kappa shape index (κ1) is 18.0. The van der Waals surface area contributed by atoms with Gasteiger partial charge in [-0.3, -0.25) is 4.79 Å². The monoisotopic (exact) mass is 366 g/mol. The van der Waals surface area contributed by atoms with Crippen LogP contribution in [0, 0.1) is 0 Å². The molecule has 0 bridgehead atoms. The molecule has 0 unspecified atom stereocenters. The predicted molar refractivity (Wildman–Crippen MR) is 87.2 cm³/mol. The molecule has 0 saturated carbocycles. The van der Waals surface area contributed by atoms with Crippen molar-refractivity contribution in [2.75, 3.05) is 19.7 Å². The number of ether oxygens (including phenoxy) is 2. The smallest absolute Gasteiger partial charge is 0.421 e. The maximum Gasteiger partial charge on any atom is 0.421 e. The van der Waals surface area contributed by atoms with Crippen LogP contribution in [-0.4, -0.2) is 41.6 Å². The Balaban J connectivity index is 1.65. The summed E-state index contributed by atoms with van der Waals surface area (Å²) in [7, 11) is 0. The van der Waals surface area contributed by atoms with E-state index in [1.54, 1.807) is 24.3 Å². The van der Waals surface area contributed by atoms with Crippen molar-refractivity contribution < 1.29 is 27.4 Å². The summed E-state index contributed by atoms with van der Waals surface area (Å²) >= 11 is 0. The minimum absolute atomic E-state index is 0.188. The van der Waals surface area contributed by atoms with E-state index in [1.807, 2.05) is 6.92 Å². The second-order valence-electron chi connectivity index (χ2n) is 5.73. The van der Waals surface area contributed by atoms with Gasteiger partial charge in [0, 0.05) is 6.20 Å². The molecule has 0 spiro atoms. The van der Waals surface area contributed by atoms with E-state index in [-0.39, 0.29) is 19.0 Å². The molecule has 5 nitrogen and oxygen atoms in total. The Morgan fingerprint density at radius 2 is 1.96 bits per heavy atom. The maximum atomic E-state index is 13.0. The van der Waals surface area contributed by atoms with Crippen LogP contribution in [0.25, 0.3) is 0 Å². The Bertz CT molecular complexity index is 789. The normalized spacial score (nSPS) is 14.7. The molecule has 1 aliphatic rings. The van der Waals surface area contributed by atoms with E-state index in [4.69, 9.17) is 9.47 Å². The van der Waals surface area contributed by atoms with Crippen molar-refractivity contribution in [3.63, 3.8) is 0 Å². The third-order valence-corrected chi connectivity index (χ3v) is 3.91. The average Bonchev–Trinajstić information content (AvgIpc) is 2.57. The number of amides is 1. The SMILES string of the molecule is CCOc1ccccc1C(=O)N1CC(Oc2ncccc2C(F)(F)F)C1. The fourth-order valence-corrected chi connectivity index (χ4v) is 2.63. The highest BCUT2D eigenvalue weighted by Crippen LogP contribution is 2.35. The standard InChI is InChI=1S/C18H17F3N2O3/c1-2-25-15-8-4-3-6-13(15)17(24)23-10-12(11-23)26-16-14(18(19,20)21)7-5-9-22-16/h3-9,12H,2,10-11H2,1H3. The largest absolute Gasteiger partial charge is 0.493 e. The van der Waals surface area contributed by atoms with Crippen LogP contribution in [0.5, 0.6) is 11.6 Å². The summed E-state index contributed by atoms with van der Waals surface area (Å²) in [5.74, 6) is -0.230. The molecule has 1 fully saturated rings. The second-order valence-corrected chi connectivity index (χ2v) is 5.73. The summed E-state index contributed by atoms with van der Waals surface area (Å²) in [5, 5.41) is 0. The molecule has 2 heterocycles. The molecule has 0 atom stereocenters. The third-order valence-electron chi connectivity index (χ3n) is 3.91. The fourth-order valence-electron chi connectivity index (χ4n) is 2.63. The van der Waals surface area contributed by atoms with Gasteiger partial charge >= 0.3 is 6.18 Å². The van der Waals surface area contributed by atoms with Crippen LogP contribution >= 0.6 is 0 Å². The summed E-state index contributed by atoms with van der Waals surface area (Å²) in [6.07, 6.45) is -3.83. The molecule has 0 aliphatic carbocycles. The Hall–Kier alpha value is -2.77. The molecule has 26 heavy (non-hydrogen) atoms. The van der Waals surface area contributed by atoms with Crippen molar-refractivity contribution in [1.82, 2.24) is 9.88 Å². The zero-order chi connectivity index (χ0) is 18.7. The quantitative estimate of drug-likeness (QED) is 0.814. The number of alkyl halides is 3. The van der Waals surface area contributed by atoms with E-state index < -0.39 is 23.7 Å². The summed E-state index contributed by atoms with van der Waals surface area (Å²) in [5.41, 5.74) is -0.506. The van der Waals surface area contributed by atoms with Crippen molar-refractivity contribution in [2.24, 2.45) is 0 Å². The van der Waals surface area contributed by atoms with Crippen molar-refractivity contribution in [3.05, 3.63) is 53.7 Å². The fraction of sp³-hybridized carbons (Fsp3) is 0.333. The molecule has 0 radical (unpaired) electrons. The van der Waals surface area contributed by atoms with Crippen LogP contribution in [0.15, 0.2) is 42.6 Å². The summed E-state index contributed by atoms with van der Waals surface area (Å²) < 4.78 is 49.7. The summed E-state index contributed by atoms with van der Waals surface area (Å²) in [6, 6.07) is 8.98. The first-order valence-electron chi connectivity index (χ1n) is 8.10. The molecule has 0 N–H and O–H groups in total. The average molecular weight is 366 g/mol. The number of halogens is 3. The van der Waals surface area contributed by atoms with E-state index in [9.17, 15) is 18.0 Å². The molecule has 1 aromatic carbocycles. The second kappa shape index (κ2) is 7.23. The van der Waals surface area contributed by atoms with Crippen molar-refractivity contribution >= 4 is 5.91 Å². The van der Waals surface area contributed by atoms with Gasteiger partial charge in [-0.25, -0.2) is 4.98 Å². The minimum Gasteiger partial charge on any atom is -0.493 e. The van der Waals surface area contributed by atoms with E-state index in [0.29, 0.717) is 17.9 Å². The number of nitrogens with zero attached hydrogens (tertiary/aromatic N) is 2. The van der Waals surface area contributed by atoms with Gasteiger partial charge in [0.15, 0.2) is 0 Å². The molecule has 3 rings (SSSR count). The van der Waals surface area contributed by atoms with Gasteiger partial charge in [0.05, 0.1) is 25.3 Å². The molecule has 138 valence electrons. The van der Waals surface area contributed by atoms with Crippen molar-refractivity contribution in [2.45, 2.75) is 19.2 Å². The lowest BCUT2D eigenvalue weighted by Crippen LogP contribution is -2.56. The molecular weight excluding hydrogens is 349 g/mol. The number of benzene rings is 1. The first-order chi connectivity index (χ1) is 12.4. The van der Waals surface area contributed by atoms with Crippen LogP contribution in [0.2, 0.25) is 0 Å². The predicted octanol–water partition coefficient (Wildman–Crippen LogP) is 3.40. The third kappa shape index (κ3) is 3.74. The number of rotatable bonds is 5. The van der Waals surface area contributed by atoms with Gasteiger partial charge in [0.1, 0.15) is 17.4 Å². The van der Waals surface area contributed by atoms with Crippen LogP contribution in [0.4, 0.5) is 13.2 Å². The Morgan fingerprint density at radius 1 is 1.23 bits per heavy atom. The molecule has 1 saturated heterocycles. The lowest BCUT2D eigenvalue weighted by molar-refractivity contribution is -0.140. The number of para-hydroxylation sites is 1. The highest BCUT2D eigenvalue weighted by molar-refractivity contribution is 5.97. The van der Waals surface area contributed by atoms with Gasteiger partial charge in [-0.15, -0.1) is 0 Å². The van der Waals surface area contributed by atoms with Gasteiger partial charge in [0.2, 0.25) is 5.88 Å². The Labute approximate surface area is 148 Å².